The molecule has 2 heterocycles. The minimum Gasteiger partial charge on any atom is -0.387 e. The van der Waals surface area contributed by atoms with E-state index >= 15 is 0 Å². The maximum atomic E-state index is 10.1. The standard InChI is InChI=1S/C12H11Br2NOS/c13-8-6-10(14)12(15-7-8)11(16)4-3-9-2-1-5-17-9/h1-2,5-7,11,16H,3-4H2. The molecular weight excluding hydrogens is 366 g/mol. The van der Waals surface area contributed by atoms with E-state index in [9.17, 15) is 5.11 Å². The molecule has 0 spiro atoms. The van der Waals surface area contributed by atoms with Gasteiger partial charge in [0, 0.05) is 20.0 Å². The normalized spacial score (nSPS) is 12.6. The predicted octanol–water partition coefficient (Wildman–Crippen LogP) is 4.33. The van der Waals surface area contributed by atoms with Crippen LogP contribution in [0.25, 0.3) is 0 Å². The molecule has 2 rings (SSSR count). The first-order valence-electron chi connectivity index (χ1n) is 5.18. The van der Waals surface area contributed by atoms with Crippen LogP contribution in [0.4, 0.5) is 0 Å². The Bertz CT molecular complexity index is 487. The Morgan fingerprint density at radius 1 is 1.41 bits per heavy atom. The number of rotatable bonds is 4. The van der Waals surface area contributed by atoms with Crippen LogP contribution in [-0.2, 0) is 6.42 Å². The minimum absolute atomic E-state index is 0.528. The summed E-state index contributed by atoms with van der Waals surface area (Å²) in [4.78, 5) is 5.53. The van der Waals surface area contributed by atoms with Crippen molar-refractivity contribution in [3.05, 3.63) is 49.3 Å². The number of aryl methyl sites for hydroxylation is 1. The van der Waals surface area contributed by atoms with Gasteiger partial charge in [0.1, 0.15) is 0 Å². The van der Waals surface area contributed by atoms with Gasteiger partial charge >= 0.3 is 0 Å². The largest absolute Gasteiger partial charge is 0.387 e. The summed E-state index contributed by atoms with van der Waals surface area (Å²) in [6, 6.07) is 6.01. The van der Waals surface area contributed by atoms with Crippen molar-refractivity contribution in [3.8, 4) is 0 Å². The van der Waals surface area contributed by atoms with E-state index in [1.54, 1.807) is 17.5 Å². The first kappa shape index (κ1) is 13.2. The first-order valence-corrected chi connectivity index (χ1v) is 7.65. The van der Waals surface area contributed by atoms with E-state index < -0.39 is 6.10 Å². The Labute approximate surface area is 121 Å². The second-order valence-corrected chi connectivity index (χ2v) is 6.46. The van der Waals surface area contributed by atoms with Crippen molar-refractivity contribution >= 4 is 43.2 Å². The molecule has 2 nitrogen and oxygen atoms in total. The van der Waals surface area contributed by atoms with Crippen LogP contribution in [0.1, 0.15) is 23.1 Å². The Morgan fingerprint density at radius 2 is 2.24 bits per heavy atom. The lowest BCUT2D eigenvalue weighted by molar-refractivity contribution is 0.162. The fraction of sp³-hybridized carbons (Fsp3) is 0.250. The van der Waals surface area contributed by atoms with Crippen molar-refractivity contribution in [2.75, 3.05) is 0 Å². The first-order chi connectivity index (χ1) is 8.16. The SMILES string of the molecule is OC(CCc1cccs1)c1ncc(Br)cc1Br. The van der Waals surface area contributed by atoms with Crippen LogP contribution in [0.5, 0.6) is 0 Å². The molecule has 0 bridgehead atoms. The summed E-state index contributed by atoms with van der Waals surface area (Å²) in [7, 11) is 0. The summed E-state index contributed by atoms with van der Waals surface area (Å²) in [6.07, 6.45) is 2.74. The van der Waals surface area contributed by atoms with Crippen LogP contribution in [0.3, 0.4) is 0 Å². The third kappa shape index (κ3) is 3.61. The lowest BCUT2D eigenvalue weighted by Crippen LogP contribution is -2.02. The van der Waals surface area contributed by atoms with E-state index in [0.717, 1.165) is 15.4 Å². The summed E-state index contributed by atoms with van der Waals surface area (Å²) in [5.74, 6) is 0. The Hall–Kier alpha value is -0.230. The molecule has 1 unspecified atom stereocenters. The molecule has 0 aliphatic rings. The molecule has 1 atom stereocenters. The van der Waals surface area contributed by atoms with Crippen molar-refractivity contribution in [3.63, 3.8) is 0 Å². The van der Waals surface area contributed by atoms with E-state index in [4.69, 9.17) is 0 Å². The van der Waals surface area contributed by atoms with Gasteiger partial charge in [-0.1, -0.05) is 6.07 Å². The molecule has 0 aliphatic heterocycles. The van der Waals surface area contributed by atoms with Gasteiger partial charge < -0.3 is 5.11 Å². The van der Waals surface area contributed by atoms with Crippen molar-refractivity contribution in [2.45, 2.75) is 18.9 Å². The van der Waals surface area contributed by atoms with Gasteiger partial charge in [-0.25, -0.2) is 0 Å². The number of aliphatic hydroxyl groups is 1. The molecule has 0 aromatic carbocycles. The number of thiophene rings is 1. The van der Waals surface area contributed by atoms with Gasteiger partial charge in [0.15, 0.2) is 0 Å². The maximum absolute atomic E-state index is 10.1. The molecule has 0 fully saturated rings. The summed E-state index contributed by atoms with van der Waals surface area (Å²) in [5.41, 5.74) is 0.699. The van der Waals surface area contributed by atoms with Gasteiger partial charge in [-0.2, -0.15) is 0 Å². The highest BCUT2D eigenvalue weighted by molar-refractivity contribution is 9.11. The number of hydrogen-bond acceptors (Lipinski definition) is 3. The van der Waals surface area contributed by atoms with Crippen molar-refractivity contribution < 1.29 is 5.11 Å². The fourth-order valence-corrected chi connectivity index (χ4v) is 3.52. The molecule has 1 N–H and O–H groups in total. The average molecular weight is 377 g/mol. The van der Waals surface area contributed by atoms with E-state index in [1.165, 1.54) is 4.88 Å². The minimum atomic E-state index is -0.528. The van der Waals surface area contributed by atoms with Crippen LogP contribution in [-0.4, -0.2) is 10.1 Å². The molecule has 17 heavy (non-hydrogen) atoms. The quantitative estimate of drug-likeness (QED) is 0.861. The van der Waals surface area contributed by atoms with E-state index in [1.807, 2.05) is 12.1 Å². The molecule has 90 valence electrons. The predicted molar refractivity (Wildman–Crippen MR) is 77.2 cm³/mol. The number of aromatic nitrogens is 1. The lowest BCUT2D eigenvalue weighted by Gasteiger charge is -2.11. The van der Waals surface area contributed by atoms with Crippen LogP contribution in [0.15, 0.2) is 38.7 Å². The zero-order chi connectivity index (χ0) is 12.3. The highest BCUT2D eigenvalue weighted by Crippen LogP contribution is 2.27. The van der Waals surface area contributed by atoms with Gasteiger partial charge in [-0.15, -0.1) is 11.3 Å². The number of halogens is 2. The van der Waals surface area contributed by atoms with Crippen molar-refractivity contribution in [1.29, 1.82) is 0 Å². The molecule has 0 radical (unpaired) electrons. The zero-order valence-corrected chi connectivity index (χ0v) is 12.9. The number of pyridine rings is 1. The molecule has 0 saturated heterocycles. The Morgan fingerprint density at radius 3 is 2.88 bits per heavy atom. The van der Waals surface area contributed by atoms with E-state index in [-0.39, 0.29) is 0 Å². The lowest BCUT2D eigenvalue weighted by atomic mass is 10.1. The second kappa shape index (κ2) is 6.09. The zero-order valence-electron chi connectivity index (χ0n) is 8.94. The Balaban J connectivity index is 2.01. The number of aliphatic hydroxyl groups excluding tert-OH is 1. The summed E-state index contributed by atoms with van der Waals surface area (Å²) < 4.78 is 1.74. The van der Waals surface area contributed by atoms with Crippen LogP contribution < -0.4 is 0 Å². The molecule has 2 aromatic rings. The summed E-state index contributed by atoms with van der Waals surface area (Å²) >= 11 is 8.48. The van der Waals surface area contributed by atoms with Crippen molar-refractivity contribution in [2.24, 2.45) is 0 Å². The Kier molecular flexibility index (Phi) is 4.73. The van der Waals surface area contributed by atoms with E-state index in [2.05, 4.69) is 48.3 Å². The third-order valence-corrected chi connectivity index (χ3v) is 4.40. The van der Waals surface area contributed by atoms with Crippen LogP contribution in [0.2, 0.25) is 0 Å². The van der Waals surface area contributed by atoms with Crippen LogP contribution in [0, 0.1) is 0 Å². The molecule has 2 aromatic heterocycles. The van der Waals surface area contributed by atoms with Crippen molar-refractivity contribution in [1.82, 2.24) is 4.98 Å². The number of nitrogens with zero attached hydrogens (tertiary/aromatic N) is 1. The molecule has 0 amide bonds. The summed E-state index contributed by atoms with van der Waals surface area (Å²) in [6.45, 7) is 0. The second-order valence-electron chi connectivity index (χ2n) is 3.65. The van der Waals surface area contributed by atoms with Gasteiger partial charge in [0.2, 0.25) is 0 Å². The maximum Gasteiger partial charge on any atom is 0.0974 e. The van der Waals surface area contributed by atoms with Gasteiger partial charge in [-0.05, 0) is 62.2 Å². The topological polar surface area (TPSA) is 33.1 Å². The molecule has 0 aliphatic carbocycles. The van der Waals surface area contributed by atoms with Crippen LogP contribution >= 0.6 is 43.2 Å². The van der Waals surface area contributed by atoms with Gasteiger partial charge in [0.25, 0.3) is 0 Å². The van der Waals surface area contributed by atoms with E-state index in [0.29, 0.717) is 12.1 Å². The highest BCUT2D eigenvalue weighted by Gasteiger charge is 2.13. The molecular formula is C12H11Br2NOS. The number of hydrogen-bond donors (Lipinski definition) is 1. The van der Waals surface area contributed by atoms with Gasteiger partial charge in [0.05, 0.1) is 11.8 Å². The van der Waals surface area contributed by atoms with Gasteiger partial charge in [-0.3, -0.25) is 4.98 Å². The molecule has 5 heteroatoms. The fourth-order valence-electron chi connectivity index (χ4n) is 1.54. The summed E-state index contributed by atoms with van der Waals surface area (Å²) in [5, 5.41) is 12.1. The highest BCUT2D eigenvalue weighted by atomic mass is 79.9. The molecule has 0 saturated carbocycles. The average Bonchev–Trinajstić information content (AvgIpc) is 2.78. The monoisotopic (exact) mass is 375 g/mol. The smallest absolute Gasteiger partial charge is 0.0974 e. The third-order valence-electron chi connectivity index (χ3n) is 2.40.